The number of ketones is 2. The molecule has 0 aliphatic heterocycles. The Kier molecular flexibility index (Phi) is 2.72. The lowest BCUT2D eigenvalue weighted by molar-refractivity contribution is 0.101. The molecule has 0 radical (unpaired) electrons. The molecule has 94 valence electrons. The highest BCUT2D eigenvalue weighted by molar-refractivity contribution is 7.25. The number of thiophene rings is 1. The van der Waals surface area contributed by atoms with Gasteiger partial charge in [-0.25, -0.2) is 0 Å². The van der Waals surface area contributed by atoms with Gasteiger partial charge in [-0.1, -0.05) is 12.1 Å². The van der Waals surface area contributed by atoms with Crippen molar-refractivity contribution in [3.05, 3.63) is 47.5 Å². The Hall–Kier alpha value is -2.00. The number of rotatable bonds is 2. The molecule has 1 aromatic heterocycles. The Labute approximate surface area is 114 Å². The maximum Gasteiger partial charge on any atom is 0.160 e. The average Bonchev–Trinajstić information content (AvgIpc) is 2.75. The summed E-state index contributed by atoms with van der Waals surface area (Å²) in [5.41, 5.74) is 1.41. The van der Waals surface area contributed by atoms with E-state index >= 15 is 0 Å². The standard InChI is InChI=1S/C16H12O2S/c1-9(17)11-6-7-14-13(8-11)16-12(10(2)18)4-3-5-15(16)19-14/h3-8H,1-2H3. The fourth-order valence-corrected chi connectivity index (χ4v) is 3.45. The fraction of sp³-hybridized carbons (Fsp3) is 0.125. The normalized spacial score (nSPS) is 11.1. The third-order valence-electron chi connectivity index (χ3n) is 3.28. The van der Waals surface area contributed by atoms with Crippen molar-refractivity contribution in [2.24, 2.45) is 0 Å². The summed E-state index contributed by atoms with van der Waals surface area (Å²) >= 11 is 1.65. The molecule has 0 saturated carbocycles. The number of hydrogen-bond acceptors (Lipinski definition) is 3. The summed E-state index contributed by atoms with van der Waals surface area (Å²) in [4.78, 5) is 23.3. The zero-order valence-electron chi connectivity index (χ0n) is 10.7. The van der Waals surface area contributed by atoms with Crippen molar-refractivity contribution in [1.82, 2.24) is 0 Å². The number of fused-ring (bicyclic) bond motifs is 3. The van der Waals surface area contributed by atoms with Gasteiger partial charge >= 0.3 is 0 Å². The summed E-state index contributed by atoms with van der Waals surface area (Å²) in [6, 6.07) is 11.5. The van der Waals surface area contributed by atoms with Gasteiger partial charge in [0.2, 0.25) is 0 Å². The fourth-order valence-electron chi connectivity index (χ4n) is 2.34. The van der Waals surface area contributed by atoms with E-state index in [9.17, 15) is 9.59 Å². The first-order valence-corrected chi connectivity index (χ1v) is 6.87. The Morgan fingerprint density at radius 1 is 0.947 bits per heavy atom. The minimum absolute atomic E-state index is 0.0431. The molecule has 0 atom stereocenters. The molecule has 0 fully saturated rings. The monoisotopic (exact) mass is 268 g/mol. The van der Waals surface area contributed by atoms with Gasteiger partial charge in [0.1, 0.15) is 0 Å². The molecule has 2 aromatic carbocycles. The average molecular weight is 268 g/mol. The molecule has 0 aliphatic rings. The highest BCUT2D eigenvalue weighted by Crippen LogP contribution is 2.36. The molecular formula is C16H12O2S. The van der Waals surface area contributed by atoms with E-state index in [-0.39, 0.29) is 11.6 Å². The first-order chi connectivity index (χ1) is 9.08. The van der Waals surface area contributed by atoms with Crippen LogP contribution in [-0.4, -0.2) is 11.6 Å². The summed E-state index contributed by atoms with van der Waals surface area (Å²) in [5.74, 6) is 0.0973. The van der Waals surface area contributed by atoms with Crippen molar-refractivity contribution in [2.45, 2.75) is 13.8 Å². The van der Waals surface area contributed by atoms with Crippen LogP contribution >= 0.6 is 11.3 Å². The van der Waals surface area contributed by atoms with Gasteiger partial charge < -0.3 is 0 Å². The Morgan fingerprint density at radius 2 is 1.74 bits per heavy atom. The largest absolute Gasteiger partial charge is 0.295 e. The van der Waals surface area contributed by atoms with Crippen molar-refractivity contribution in [2.75, 3.05) is 0 Å². The quantitative estimate of drug-likeness (QED) is 0.643. The van der Waals surface area contributed by atoms with Gasteiger partial charge in [0.15, 0.2) is 11.6 Å². The third-order valence-corrected chi connectivity index (χ3v) is 4.42. The van der Waals surface area contributed by atoms with E-state index in [0.717, 1.165) is 25.7 Å². The van der Waals surface area contributed by atoms with Gasteiger partial charge in [-0.15, -0.1) is 11.3 Å². The van der Waals surface area contributed by atoms with Crippen LogP contribution in [0.2, 0.25) is 0 Å². The van der Waals surface area contributed by atoms with Crippen LogP contribution in [0.25, 0.3) is 20.2 Å². The number of carbonyl (C=O) groups excluding carboxylic acids is 2. The molecule has 0 aliphatic carbocycles. The van der Waals surface area contributed by atoms with Gasteiger partial charge in [0.05, 0.1) is 0 Å². The first kappa shape index (κ1) is 12.1. The number of hydrogen-bond donors (Lipinski definition) is 0. The van der Waals surface area contributed by atoms with E-state index in [1.54, 1.807) is 25.2 Å². The van der Waals surface area contributed by atoms with E-state index in [1.807, 2.05) is 36.4 Å². The molecule has 3 heteroatoms. The molecule has 0 amide bonds. The highest BCUT2D eigenvalue weighted by Gasteiger charge is 2.13. The van der Waals surface area contributed by atoms with E-state index in [0.29, 0.717) is 5.56 Å². The zero-order valence-corrected chi connectivity index (χ0v) is 11.5. The van der Waals surface area contributed by atoms with Gasteiger partial charge in [-0.2, -0.15) is 0 Å². The van der Waals surface area contributed by atoms with Crippen LogP contribution in [-0.2, 0) is 0 Å². The Bertz CT molecular complexity index is 827. The highest BCUT2D eigenvalue weighted by atomic mass is 32.1. The van der Waals surface area contributed by atoms with Crippen LogP contribution in [0, 0.1) is 0 Å². The topological polar surface area (TPSA) is 34.1 Å². The maximum atomic E-state index is 11.8. The molecule has 0 bridgehead atoms. The summed E-state index contributed by atoms with van der Waals surface area (Å²) in [6.45, 7) is 3.13. The van der Waals surface area contributed by atoms with Crippen molar-refractivity contribution in [3.8, 4) is 0 Å². The van der Waals surface area contributed by atoms with Crippen LogP contribution < -0.4 is 0 Å². The van der Waals surface area contributed by atoms with Gasteiger partial charge in [-0.05, 0) is 38.1 Å². The number of benzene rings is 2. The predicted octanol–water partition coefficient (Wildman–Crippen LogP) is 4.46. The first-order valence-electron chi connectivity index (χ1n) is 6.05. The second-order valence-electron chi connectivity index (χ2n) is 4.60. The molecule has 19 heavy (non-hydrogen) atoms. The lowest BCUT2D eigenvalue weighted by atomic mass is 10.0. The second kappa shape index (κ2) is 4.28. The van der Waals surface area contributed by atoms with Crippen molar-refractivity contribution >= 4 is 43.1 Å². The molecule has 1 heterocycles. The summed E-state index contributed by atoms with van der Waals surface area (Å²) in [5, 5.41) is 1.97. The van der Waals surface area contributed by atoms with E-state index in [2.05, 4.69) is 0 Å². The minimum atomic E-state index is 0.0431. The van der Waals surface area contributed by atoms with E-state index in [1.165, 1.54) is 0 Å². The van der Waals surface area contributed by atoms with Crippen LogP contribution in [0.1, 0.15) is 34.6 Å². The molecule has 0 spiro atoms. The van der Waals surface area contributed by atoms with Crippen LogP contribution in [0.4, 0.5) is 0 Å². The van der Waals surface area contributed by atoms with Crippen molar-refractivity contribution in [3.63, 3.8) is 0 Å². The summed E-state index contributed by atoms with van der Waals surface area (Å²) in [7, 11) is 0. The van der Waals surface area contributed by atoms with Crippen LogP contribution in [0.5, 0.6) is 0 Å². The molecule has 2 nitrogen and oxygen atoms in total. The lowest BCUT2D eigenvalue weighted by Crippen LogP contribution is -1.93. The number of carbonyl (C=O) groups is 2. The molecule has 3 aromatic rings. The second-order valence-corrected chi connectivity index (χ2v) is 5.69. The SMILES string of the molecule is CC(=O)c1ccc2sc3cccc(C(C)=O)c3c2c1. The molecule has 0 saturated heterocycles. The van der Waals surface area contributed by atoms with Crippen molar-refractivity contribution < 1.29 is 9.59 Å². The predicted molar refractivity (Wildman–Crippen MR) is 79.3 cm³/mol. The van der Waals surface area contributed by atoms with Gasteiger partial charge in [-0.3, -0.25) is 9.59 Å². The third kappa shape index (κ3) is 1.87. The Balaban J connectivity index is 2.48. The Morgan fingerprint density at radius 3 is 2.42 bits per heavy atom. The van der Waals surface area contributed by atoms with Gasteiger partial charge in [0.25, 0.3) is 0 Å². The molecule has 0 unspecified atom stereocenters. The zero-order chi connectivity index (χ0) is 13.6. The molecular weight excluding hydrogens is 256 g/mol. The van der Waals surface area contributed by atoms with Gasteiger partial charge in [0, 0.05) is 31.3 Å². The number of Topliss-reactive ketones (excluding diaryl/α,β-unsaturated/α-hetero) is 2. The molecule has 0 N–H and O–H groups in total. The van der Waals surface area contributed by atoms with E-state index < -0.39 is 0 Å². The van der Waals surface area contributed by atoms with E-state index in [4.69, 9.17) is 0 Å². The van der Waals surface area contributed by atoms with Crippen molar-refractivity contribution in [1.29, 1.82) is 0 Å². The molecule has 3 rings (SSSR count). The summed E-state index contributed by atoms with van der Waals surface area (Å²) < 4.78 is 2.19. The van der Waals surface area contributed by atoms with Crippen LogP contribution in [0.15, 0.2) is 36.4 Å². The minimum Gasteiger partial charge on any atom is -0.295 e. The smallest absolute Gasteiger partial charge is 0.160 e. The maximum absolute atomic E-state index is 11.8. The lowest BCUT2D eigenvalue weighted by Gasteiger charge is -2.00. The summed E-state index contributed by atoms with van der Waals surface area (Å²) in [6.07, 6.45) is 0. The van der Waals surface area contributed by atoms with Crippen LogP contribution in [0.3, 0.4) is 0 Å².